The Hall–Kier alpha value is -0.730. The first-order valence-corrected chi connectivity index (χ1v) is 2.98. The Morgan fingerprint density at radius 3 is 2.67 bits per heavy atom. The Bertz CT molecular complexity index is 93.1. The lowest BCUT2D eigenvalue weighted by atomic mass is 10.3. The van der Waals surface area contributed by atoms with E-state index in [1.165, 1.54) is 0 Å². The molecule has 3 nitrogen and oxygen atoms in total. The zero-order valence-electron chi connectivity index (χ0n) is 5.90. The number of amides is 2. The van der Waals surface area contributed by atoms with Gasteiger partial charge < -0.3 is 10.6 Å². The summed E-state index contributed by atoms with van der Waals surface area (Å²) in [6.45, 7) is 5.54. The number of carbonyl (C=O) groups is 1. The van der Waals surface area contributed by atoms with Crippen LogP contribution in [0.4, 0.5) is 4.79 Å². The summed E-state index contributed by atoms with van der Waals surface area (Å²) in [6.07, 6.45) is 0.716. The number of hydrogen-bond donors (Lipinski definition) is 2. The first-order valence-electron chi connectivity index (χ1n) is 2.98. The molecule has 0 fully saturated rings. The molecule has 0 aromatic heterocycles. The van der Waals surface area contributed by atoms with Crippen LogP contribution in [0.2, 0.25) is 0 Å². The van der Waals surface area contributed by atoms with E-state index < -0.39 is 0 Å². The highest BCUT2D eigenvalue weighted by Crippen LogP contribution is 1.84. The molecule has 0 aliphatic carbocycles. The Labute approximate surface area is 55.8 Å². The molecule has 1 radical (unpaired) electrons. The Morgan fingerprint density at radius 2 is 2.33 bits per heavy atom. The molecule has 0 saturated heterocycles. The molecule has 0 aromatic carbocycles. The maximum Gasteiger partial charge on any atom is 0.314 e. The molecule has 2 N–H and O–H groups in total. The van der Waals surface area contributed by atoms with Crippen molar-refractivity contribution in [3.8, 4) is 0 Å². The van der Waals surface area contributed by atoms with Crippen molar-refractivity contribution in [1.82, 2.24) is 10.6 Å². The van der Waals surface area contributed by atoms with E-state index in [-0.39, 0.29) is 12.1 Å². The van der Waals surface area contributed by atoms with Crippen molar-refractivity contribution in [2.75, 3.05) is 7.05 Å². The van der Waals surface area contributed by atoms with Crippen molar-refractivity contribution in [2.45, 2.75) is 19.4 Å². The predicted octanol–water partition coefficient (Wildman–Crippen LogP) is 0.528. The minimum atomic E-state index is -0.147. The molecule has 0 saturated carbocycles. The average Bonchev–Trinajstić information content (AvgIpc) is 1.87. The smallest absolute Gasteiger partial charge is 0.314 e. The van der Waals surface area contributed by atoms with Gasteiger partial charge in [0.05, 0.1) is 0 Å². The largest absolute Gasteiger partial charge is 0.341 e. The highest BCUT2D eigenvalue weighted by molar-refractivity contribution is 5.73. The van der Waals surface area contributed by atoms with Gasteiger partial charge in [-0.05, 0) is 13.3 Å². The zero-order valence-corrected chi connectivity index (χ0v) is 5.90. The third-order valence-electron chi connectivity index (χ3n) is 1.04. The fourth-order valence-electron chi connectivity index (χ4n) is 0.368. The molecule has 0 aliphatic heterocycles. The third-order valence-corrected chi connectivity index (χ3v) is 1.04. The van der Waals surface area contributed by atoms with E-state index in [9.17, 15) is 4.79 Å². The molecule has 1 unspecified atom stereocenters. The van der Waals surface area contributed by atoms with E-state index >= 15 is 0 Å². The molecule has 1 atom stereocenters. The van der Waals surface area contributed by atoms with Crippen molar-refractivity contribution < 1.29 is 4.79 Å². The molecule has 0 aliphatic rings. The normalized spacial score (nSPS) is 12.3. The quantitative estimate of drug-likeness (QED) is 0.561. The van der Waals surface area contributed by atoms with Crippen LogP contribution in [0.25, 0.3) is 0 Å². The van der Waals surface area contributed by atoms with E-state index in [1.54, 1.807) is 7.05 Å². The third kappa shape index (κ3) is 3.82. The van der Waals surface area contributed by atoms with Gasteiger partial charge in [-0.3, -0.25) is 0 Å². The van der Waals surface area contributed by atoms with Gasteiger partial charge in [0.2, 0.25) is 0 Å². The van der Waals surface area contributed by atoms with Crippen LogP contribution in [-0.4, -0.2) is 19.1 Å². The summed E-state index contributed by atoms with van der Waals surface area (Å²) in [6, 6.07) is 0.0103. The van der Waals surface area contributed by atoms with Crippen LogP contribution < -0.4 is 10.6 Å². The lowest BCUT2D eigenvalue weighted by molar-refractivity contribution is 0.240. The Kier molecular flexibility index (Phi) is 3.84. The van der Waals surface area contributed by atoms with Gasteiger partial charge in [-0.25, -0.2) is 4.79 Å². The minimum Gasteiger partial charge on any atom is -0.341 e. The van der Waals surface area contributed by atoms with Crippen LogP contribution in [0.15, 0.2) is 0 Å². The number of urea groups is 1. The van der Waals surface area contributed by atoms with Crippen LogP contribution >= 0.6 is 0 Å². The molecule has 0 heterocycles. The van der Waals surface area contributed by atoms with Crippen LogP contribution in [0, 0.1) is 6.92 Å². The topological polar surface area (TPSA) is 41.1 Å². The van der Waals surface area contributed by atoms with Gasteiger partial charge in [-0.1, -0.05) is 6.92 Å². The number of carbonyl (C=O) groups excluding carboxylic acids is 1. The Balaban J connectivity index is 3.34. The predicted molar refractivity (Wildman–Crippen MR) is 37.0 cm³/mol. The van der Waals surface area contributed by atoms with Crippen LogP contribution in [0.3, 0.4) is 0 Å². The standard InChI is InChI=1S/C6H13N2O/c1-4-5(2)8-6(9)7-3/h5H,1,4H2,2-3H3,(H2,7,8,9). The summed E-state index contributed by atoms with van der Waals surface area (Å²) < 4.78 is 0. The summed E-state index contributed by atoms with van der Waals surface area (Å²) >= 11 is 0. The lowest BCUT2D eigenvalue weighted by Gasteiger charge is -2.09. The fourth-order valence-corrected chi connectivity index (χ4v) is 0.368. The minimum absolute atomic E-state index is 0.147. The van der Waals surface area contributed by atoms with Gasteiger partial charge >= 0.3 is 6.03 Å². The fraction of sp³-hybridized carbons (Fsp3) is 0.667. The summed E-state index contributed by atoms with van der Waals surface area (Å²) in [5.74, 6) is 0. The molecule has 53 valence electrons. The second-order valence-corrected chi connectivity index (χ2v) is 1.91. The maximum atomic E-state index is 10.5. The van der Waals surface area contributed by atoms with Crippen molar-refractivity contribution in [1.29, 1.82) is 0 Å². The monoisotopic (exact) mass is 129 g/mol. The van der Waals surface area contributed by atoms with Gasteiger partial charge in [0.25, 0.3) is 0 Å². The first kappa shape index (κ1) is 8.27. The highest BCUT2D eigenvalue weighted by atomic mass is 16.2. The average molecular weight is 129 g/mol. The van der Waals surface area contributed by atoms with Crippen LogP contribution in [0.5, 0.6) is 0 Å². The van der Waals surface area contributed by atoms with E-state index in [0.717, 1.165) is 0 Å². The number of hydrogen-bond acceptors (Lipinski definition) is 1. The summed E-state index contributed by atoms with van der Waals surface area (Å²) in [5, 5.41) is 5.12. The second-order valence-electron chi connectivity index (χ2n) is 1.91. The van der Waals surface area contributed by atoms with E-state index in [1.807, 2.05) is 6.92 Å². The summed E-state index contributed by atoms with van der Waals surface area (Å²) in [4.78, 5) is 10.5. The van der Waals surface area contributed by atoms with Gasteiger partial charge in [-0.15, -0.1) is 0 Å². The second kappa shape index (κ2) is 4.18. The summed E-state index contributed by atoms with van der Waals surface area (Å²) in [5.41, 5.74) is 0. The van der Waals surface area contributed by atoms with Crippen molar-refractivity contribution in [3.63, 3.8) is 0 Å². The molecular weight excluding hydrogens is 116 g/mol. The molecule has 0 bridgehead atoms. The van der Waals surface area contributed by atoms with E-state index in [0.29, 0.717) is 6.42 Å². The zero-order chi connectivity index (χ0) is 7.28. The van der Waals surface area contributed by atoms with Crippen LogP contribution in [-0.2, 0) is 0 Å². The molecule has 0 spiro atoms. The number of rotatable bonds is 2. The van der Waals surface area contributed by atoms with Gasteiger partial charge in [0, 0.05) is 13.1 Å². The van der Waals surface area contributed by atoms with Crippen molar-refractivity contribution in [2.24, 2.45) is 0 Å². The van der Waals surface area contributed by atoms with Gasteiger partial charge in [0.1, 0.15) is 0 Å². The Morgan fingerprint density at radius 1 is 1.78 bits per heavy atom. The molecule has 3 heteroatoms. The van der Waals surface area contributed by atoms with Crippen molar-refractivity contribution >= 4 is 6.03 Å². The van der Waals surface area contributed by atoms with E-state index in [4.69, 9.17) is 0 Å². The molecule has 0 aromatic rings. The maximum absolute atomic E-state index is 10.5. The van der Waals surface area contributed by atoms with Crippen LogP contribution in [0.1, 0.15) is 13.3 Å². The van der Waals surface area contributed by atoms with Crippen molar-refractivity contribution in [3.05, 3.63) is 6.92 Å². The molecule has 0 rings (SSSR count). The molecule has 2 amide bonds. The lowest BCUT2D eigenvalue weighted by Crippen LogP contribution is -2.38. The molecular formula is C6H13N2O. The summed E-state index contributed by atoms with van der Waals surface area (Å²) in [7, 11) is 1.59. The number of nitrogens with one attached hydrogen (secondary N) is 2. The molecule has 9 heavy (non-hydrogen) atoms. The van der Waals surface area contributed by atoms with Gasteiger partial charge in [-0.2, -0.15) is 0 Å². The highest BCUT2D eigenvalue weighted by Gasteiger charge is 1.99. The first-order chi connectivity index (χ1) is 4.20. The van der Waals surface area contributed by atoms with Gasteiger partial charge in [0.15, 0.2) is 0 Å². The van der Waals surface area contributed by atoms with E-state index in [2.05, 4.69) is 17.6 Å². The SMILES string of the molecule is [CH2]CC(C)NC(=O)NC.